The molecule has 1 unspecified atom stereocenters. The highest BCUT2D eigenvalue weighted by Gasteiger charge is 2.21. The Hall–Kier alpha value is -4.08. The van der Waals surface area contributed by atoms with Crippen LogP contribution in [0.4, 0.5) is 0 Å². The molecule has 9 nitrogen and oxygen atoms in total. The number of H-pyrrole nitrogens is 1. The van der Waals surface area contributed by atoms with Crippen LogP contribution >= 0.6 is 12.4 Å². The minimum Gasteiger partial charge on any atom is -0.496 e. The van der Waals surface area contributed by atoms with Crippen LogP contribution in [0.5, 0.6) is 23.0 Å². The molecule has 4 rings (SSSR count). The van der Waals surface area contributed by atoms with E-state index in [1.54, 1.807) is 40.6 Å². The Balaban J connectivity index is 0.00000400. The lowest BCUT2D eigenvalue weighted by atomic mass is 9.96. The van der Waals surface area contributed by atoms with Gasteiger partial charge in [0.2, 0.25) is 5.75 Å². The molecule has 10 heteroatoms. The molecule has 0 aliphatic carbocycles. The SMILES string of the molecule is COc1ccc(-c2n[nH]nc2-c2cc(OC)c(OC)c(OC)c2)cc1CC(=O)C(N)Cc1ccccc1.Cl. The third-order valence-corrected chi connectivity index (χ3v) is 6.12. The number of methoxy groups -OCH3 is 4. The summed E-state index contributed by atoms with van der Waals surface area (Å²) in [5.41, 5.74) is 10.6. The Morgan fingerprint density at radius 2 is 1.42 bits per heavy atom. The summed E-state index contributed by atoms with van der Waals surface area (Å²) < 4.78 is 21.9. The number of benzene rings is 3. The molecule has 0 aliphatic heterocycles. The van der Waals surface area contributed by atoms with Crippen molar-refractivity contribution in [2.75, 3.05) is 28.4 Å². The molecule has 0 spiro atoms. The number of nitrogens with zero attached hydrogens (tertiary/aromatic N) is 2. The van der Waals surface area contributed by atoms with Gasteiger partial charge in [0, 0.05) is 23.1 Å². The fourth-order valence-electron chi connectivity index (χ4n) is 4.22. The summed E-state index contributed by atoms with van der Waals surface area (Å²) in [6.07, 6.45) is 0.596. The van der Waals surface area contributed by atoms with Crippen LogP contribution in [0.25, 0.3) is 22.5 Å². The fraction of sp³-hybridized carbons (Fsp3) is 0.250. The quantitative estimate of drug-likeness (QED) is 0.290. The maximum Gasteiger partial charge on any atom is 0.203 e. The van der Waals surface area contributed by atoms with Crippen molar-refractivity contribution in [3.8, 4) is 45.5 Å². The highest BCUT2D eigenvalue weighted by Crippen LogP contribution is 2.42. The molecule has 0 radical (unpaired) electrons. The fourth-order valence-corrected chi connectivity index (χ4v) is 4.22. The van der Waals surface area contributed by atoms with E-state index in [2.05, 4.69) is 15.4 Å². The number of halogens is 1. The van der Waals surface area contributed by atoms with Gasteiger partial charge in [-0.05, 0) is 42.3 Å². The van der Waals surface area contributed by atoms with Crippen molar-refractivity contribution in [1.82, 2.24) is 15.4 Å². The van der Waals surface area contributed by atoms with E-state index in [4.69, 9.17) is 24.7 Å². The number of ketones is 1. The lowest BCUT2D eigenvalue weighted by Crippen LogP contribution is -2.34. The molecule has 0 saturated carbocycles. The Morgan fingerprint density at radius 3 is 2.00 bits per heavy atom. The molecular weight excluding hydrogens is 508 g/mol. The summed E-state index contributed by atoms with van der Waals surface area (Å²) >= 11 is 0. The van der Waals surface area contributed by atoms with Crippen molar-refractivity contribution in [2.24, 2.45) is 5.73 Å². The van der Waals surface area contributed by atoms with Gasteiger partial charge in [0.05, 0.1) is 34.5 Å². The van der Waals surface area contributed by atoms with Gasteiger partial charge in [0.15, 0.2) is 17.3 Å². The van der Waals surface area contributed by atoms with E-state index in [-0.39, 0.29) is 24.6 Å². The molecule has 1 aromatic heterocycles. The monoisotopic (exact) mass is 538 g/mol. The first-order chi connectivity index (χ1) is 18.0. The van der Waals surface area contributed by atoms with E-state index in [0.29, 0.717) is 46.4 Å². The second-order valence-corrected chi connectivity index (χ2v) is 8.40. The lowest BCUT2D eigenvalue weighted by molar-refractivity contribution is -0.119. The number of carbonyl (C=O) groups excluding carboxylic acids is 1. The van der Waals surface area contributed by atoms with Crippen molar-refractivity contribution >= 4 is 18.2 Å². The van der Waals surface area contributed by atoms with E-state index >= 15 is 0 Å². The molecule has 3 N–H and O–H groups in total. The number of carbonyl (C=O) groups is 1. The molecule has 4 aromatic rings. The summed E-state index contributed by atoms with van der Waals surface area (Å²) in [4.78, 5) is 13.0. The van der Waals surface area contributed by atoms with Crippen LogP contribution in [-0.4, -0.2) is 55.7 Å². The third-order valence-electron chi connectivity index (χ3n) is 6.12. The molecule has 0 saturated heterocycles. The zero-order valence-electron chi connectivity index (χ0n) is 21.7. The van der Waals surface area contributed by atoms with E-state index in [1.807, 2.05) is 48.5 Å². The van der Waals surface area contributed by atoms with Crippen molar-refractivity contribution in [1.29, 1.82) is 0 Å². The van der Waals surface area contributed by atoms with Gasteiger partial charge >= 0.3 is 0 Å². The van der Waals surface area contributed by atoms with Gasteiger partial charge in [-0.2, -0.15) is 15.4 Å². The zero-order valence-corrected chi connectivity index (χ0v) is 22.5. The first kappa shape index (κ1) is 28.5. The molecule has 0 fully saturated rings. The van der Waals surface area contributed by atoms with E-state index in [9.17, 15) is 4.79 Å². The lowest BCUT2D eigenvalue weighted by Gasteiger charge is -2.15. The van der Waals surface area contributed by atoms with Gasteiger partial charge in [-0.15, -0.1) is 12.4 Å². The van der Waals surface area contributed by atoms with Gasteiger partial charge in [-0.1, -0.05) is 30.3 Å². The maximum atomic E-state index is 13.0. The number of nitrogens with one attached hydrogen (secondary N) is 1. The number of nitrogens with two attached hydrogens (primary N) is 1. The molecule has 38 heavy (non-hydrogen) atoms. The van der Waals surface area contributed by atoms with Crippen molar-refractivity contribution in [3.05, 3.63) is 71.8 Å². The summed E-state index contributed by atoms with van der Waals surface area (Å²) in [5.74, 6) is 2.00. The minimum absolute atomic E-state index is 0. The summed E-state index contributed by atoms with van der Waals surface area (Å²) in [6.45, 7) is 0. The van der Waals surface area contributed by atoms with E-state index in [0.717, 1.165) is 16.7 Å². The van der Waals surface area contributed by atoms with E-state index in [1.165, 1.54) is 0 Å². The number of hydrogen-bond donors (Lipinski definition) is 2. The zero-order chi connectivity index (χ0) is 26.4. The number of hydrogen-bond acceptors (Lipinski definition) is 8. The first-order valence-electron chi connectivity index (χ1n) is 11.7. The van der Waals surface area contributed by atoms with Gasteiger partial charge < -0.3 is 24.7 Å². The molecule has 0 aliphatic rings. The number of aromatic nitrogens is 3. The van der Waals surface area contributed by atoms with Crippen LogP contribution in [0.2, 0.25) is 0 Å². The topological polar surface area (TPSA) is 122 Å². The van der Waals surface area contributed by atoms with Crippen LogP contribution in [0.3, 0.4) is 0 Å². The second kappa shape index (κ2) is 12.9. The third kappa shape index (κ3) is 6.07. The maximum absolute atomic E-state index is 13.0. The molecule has 0 amide bonds. The largest absolute Gasteiger partial charge is 0.496 e. The van der Waals surface area contributed by atoms with E-state index < -0.39 is 6.04 Å². The van der Waals surface area contributed by atoms with Crippen molar-refractivity contribution < 1.29 is 23.7 Å². The predicted octanol–water partition coefficient (Wildman–Crippen LogP) is 4.28. The Labute approximate surface area is 227 Å². The number of ether oxygens (including phenoxy) is 4. The van der Waals surface area contributed by atoms with Crippen LogP contribution in [-0.2, 0) is 17.6 Å². The van der Waals surface area contributed by atoms with Gasteiger partial charge in [0.1, 0.15) is 17.1 Å². The highest BCUT2D eigenvalue weighted by molar-refractivity contribution is 5.88. The van der Waals surface area contributed by atoms with Crippen LogP contribution < -0.4 is 24.7 Å². The normalized spacial score (nSPS) is 11.3. The number of aromatic amines is 1. The number of rotatable bonds is 11. The Morgan fingerprint density at radius 1 is 0.816 bits per heavy atom. The van der Waals surface area contributed by atoms with Gasteiger partial charge in [-0.3, -0.25) is 4.79 Å². The molecule has 1 atom stereocenters. The summed E-state index contributed by atoms with van der Waals surface area (Å²) in [6, 6.07) is 18.3. The summed E-state index contributed by atoms with van der Waals surface area (Å²) in [7, 11) is 6.23. The van der Waals surface area contributed by atoms with Gasteiger partial charge in [-0.25, -0.2) is 0 Å². The standard InChI is InChI=1S/C28H30N4O5.ClH/c1-34-23-11-10-18(13-19(23)14-22(33)21(29)12-17-8-6-5-7-9-17)26-27(31-32-30-26)20-15-24(35-2)28(37-4)25(16-20)36-3;/h5-11,13,15-16,21H,12,14,29H2,1-4H3,(H,30,31,32);1H. The average molecular weight is 539 g/mol. The van der Waals surface area contributed by atoms with Crippen molar-refractivity contribution in [3.63, 3.8) is 0 Å². The van der Waals surface area contributed by atoms with Crippen molar-refractivity contribution in [2.45, 2.75) is 18.9 Å². The molecule has 3 aromatic carbocycles. The Bertz CT molecular complexity index is 1350. The Kier molecular flexibility index (Phi) is 9.70. The molecule has 200 valence electrons. The first-order valence-corrected chi connectivity index (χ1v) is 11.7. The van der Waals surface area contributed by atoms with Crippen LogP contribution in [0.15, 0.2) is 60.7 Å². The highest BCUT2D eigenvalue weighted by atomic mass is 35.5. The second-order valence-electron chi connectivity index (χ2n) is 8.40. The number of Topliss-reactive ketones (excluding diaryl/α,β-unsaturated/α-hetero) is 1. The van der Waals surface area contributed by atoms with Gasteiger partial charge in [0.25, 0.3) is 0 Å². The summed E-state index contributed by atoms with van der Waals surface area (Å²) in [5, 5.41) is 11.5. The average Bonchev–Trinajstić information content (AvgIpc) is 3.42. The molecule has 0 bridgehead atoms. The van der Waals surface area contributed by atoms with Crippen LogP contribution in [0, 0.1) is 0 Å². The minimum atomic E-state index is -0.627. The van der Waals surface area contributed by atoms with Crippen LogP contribution in [0.1, 0.15) is 11.1 Å². The molecular formula is C28H31ClN4O5. The smallest absolute Gasteiger partial charge is 0.203 e. The molecule has 1 heterocycles. The predicted molar refractivity (Wildman–Crippen MR) is 148 cm³/mol.